The van der Waals surface area contributed by atoms with Gasteiger partial charge in [0.25, 0.3) is 0 Å². The maximum Gasteiger partial charge on any atom is 0.242 e. The van der Waals surface area contributed by atoms with Crippen LogP contribution in [0.25, 0.3) is 0 Å². The Hall–Kier alpha value is -0.983. The molecule has 0 aliphatic carbocycles. The molecule has 0 aliphatic rings. The molecule has 74 valence electrons. The second-order valence-electron chi connectivity index (χ2n) is 4.00. The lowest BCUT2D eigenvalue weighted by molar-refractivity contribution is 0.557. The van der Waals surface area contributed by atoms with Crippen LogP contribution in [0.2, 0.25) is 24.7 Å². The molecule has 14 heavy (non-hydrogen) atoms. The van der Waals surface area contributed by atoms with Gasteiger partial charge in [-0.2, -0.15) is 5.26 Å². The molecule has 0 fully saturated rings. The highest BCUT2D eigenvalue weighted by Gasteiger charge is 2.16. The first-order valence-corrected chi connectivity index (χ1v) is 8.09. The molecule has 0 saturated heterocycles. The average Bonchev–Trinajstić information content (AvgIpc) is 1.99. The van der Waals surface area contributed by atoms with Gasteiger partial charge in [-0.25, -0.2) is 0 Å². The van der Waals surface area contributed by atoms with Gasteiger partial charge in [0.2, 0.25) is 8.32 Å². The first kappa shape index (κ1) is 11.1. The summed E-state index contributed by atoms with van der Waals surface area (Å²) in [7, 11) is -1.62. The molecular formula is C10H12ClNOSi. The zero-order valence-electron chi connectivity index (χ0n) is 8.47. The van der Waals surface area contributed by atoms with Crippen LogP contribution in [0.3, 0.4) is 0 Å². The Morgan fingerprint density at radius 2 is 1.93 bits per heavy atom. The third kappa shape index (κ3) is 3.41. The van der Waals surface area contributed by atoms with E-state index >= 15 is 0 Å². The molecule has 2 nitrogen and oxygen atoms in total. The van der Waals surface area contributed by atoms with E-state index in [0.29, 0.717) is 16.3 Å². The highest BCUT2D eigenvalue weighted by atomic mass is 35.5. The van der Waals surface area contributed by atoms with Crippen LogP contribution in [0, 0.1) is 11.3 Å². The van der Waals surface area contributed by atoms with E-state index in [1.54, 1.807) is 18.2 Å². The van der Waals surface area contributed by atoms with Crippen molar-refractivity contribution in [2.75, 3.05) is 0 Å². The Morgan fingerprint density at radius 3 is 2.43 bits per heavy atom. The van der Waals surface area contributed by atoms with Gasteiger partial charge in [-0.05, 0) is 37.8 Å². The fourth-order valence-corrected chi connectivity index (χ4v) is 2.09. The van der Waals surface area contributed by atoms with Crippen LogP contribution < -0.4 is 4.43 Å². The predicted molar refractivity (Wildman–Crippen MR) is 60.1 cm³/mol. The minimum absolute atomic E-state index is 0.533. The highest BCUT2D eigenvalue weighted by molar-refractivity contribution is 6.70. The molecule has 0 spiro atoms. The van der Waals surface area contributed by atoms with E-state index in [9.17, 15) is 0 Å². The van der Waals surface area contributed by atoms with Gasteiger partial charge < -0.3 is 4.43 Å². The van der Waals surface area contributed by atoms with Crippen LogP contribution in [-0.2, 0) is 0 Å². The molecule has 4 heteroatoms. The van der Waals surface area contributed by atoms with Gasteiger partial charge in [0, 0.05) is 5.02 Å². The number of halogens is 1. The first-order valence-electron chi connectivity index (χ1n) is 4.30. The van der Waals surface area contributed by atoms with Crippen molar-refractivity contribution in [1.82, 2.24) is 0 Å². The van der Waals surface area contributed by atoms with Crippen molar-refractivity contribution in [2.24, 2.45) is 0 Å². The minimum atomic E-state index is -1.62. The van der Waals surface area contributed by atoms with E-state index in [2.05, 4.69) is 19.6 Å². The smallest absolute Gasteiger partial charge is 0.242 e. The normalized spacial score (nSPS) is 10.8. The summed E-state index contributed by atoms with van der Waals surface area (Å²) in [6.45, 7) is 6.25. The summed E-state index contributed by atoms with van der Waals surface area (Å²) in [5.41, 5.74) is 0.533. The summed E-state index contributed by atoms with van der Waals surface area (Å²) in [4.78, 5) is 0. The van der Waals surface area contributed by atoms with Crippen molar-refractivity contribution in [3.05, 3.63) is 28.8 Å². The van der Waals surface area contributed by atoms with Crippen molar-refractivity contribution in [3.8, 4) is 11.8 Å². The number of benzene rings is 1. The van der Waals surface area contributed by atoms with Gasteiger partial charge in [0.05, 0.1) is 11.6 Å². The van der Waals surface area contributed by atoms with Gasteiger partial charge in [-0.1, -0.05) is 11.6 Å². The van der Waals surface area contributed by atoms with Crippen LogP contribution in [0.1, 0.15) is 5.56 Å². The molecule has 0 heterocycles. The lowest BCUT2D eigenvalue weighted by Gasteiger charge is -2.19. The number of nitriles is 1. The van der Waals surface area contributed by atoms with E-state index < -0.39 is 8.32 Å². The number of nitrogens with zero attached hydrogens (tertiary/aromatic N) is 1. The van der Waals surface area contributed by atoms with Gasteiger partial charge in [-0.15, -0.1) is 0 Å². The Kier molecular flexibility index (Phi) is 3.20. The van der Waals surface area contributed by atoms with Crippen molar-refractivity contribution in [2.45, 2.75) is 19.6 Å². The summed E-state index contributed by atoms with van der Waals surface area (Å²) in [5, 5.41) is 9.27. The number of hydrogen-bond acceptors (Lipinski definition) is 2. The minimum Gasteiger partial charge on any atom is -0.544 e. The van der Waals surface area contributed by atoms with Crippen LogP contribution >= 0.6 is 11.6 Å². The SMILES string of the molecule is C[Si](C)(C)Oc1cc(Cl)cc(C#N)c1. The highest BCUT2D eigenvalue weighted by Crippen LogP contribution is 2.23. The second kappa shape index (κ2) is 4.03. The fourth-order valence-electron chi connectivity index (χ4n) is 1.04. The summed E-state index contributed by atoms with van der Waals surface area (Å²) in [5.74, 6) is 0.688. The Bertz CT molecular complexity index is 379. The average molecular weight is 226 g/mol. The molecule has 0 unspecified atom stereocenters. The molecule has 0 radical (unpaired) electrons. The standard InChI is InChI=1S/C10H12ClNOSi/c1-14(2,3)13-10-5-8(7-12)4-9(11)6-10/h4-6H,1-3H3. The van der Waals surface area contributed by atoms with Gasteiger partial charge in [-0.3, -0.25) is 0 Å². The maximum absolute atomic E-state index is 8.73. The molecule has 0 bridgehead atoms. The van der Waals surface area contributed by atoms with Crippen LogP contribution in [0.15, 0.2) is 18.2 Å². The molecule has 0 amide bonds. The van der Waals surface area contributed by atoms with E-state index in [0.717, 1.165) is 0 Å². The monoisotopic (exact) mass is 225 g/mol. The van der Waals surface area contributed by atoms with Crippen LogP contribution in [0.4, 0.5) is 0 Å². The lowest BCUT2D eigenvalue weighted by Crippen LogP contribution is -2.29. The molecule has 0 saturated carbocycles. The van der Waals surface area contributed by atoms with Crippen molar-refractivity contribution in [1.29, 1.82) is 5.26 Å². The molecular weight excluding hydrogens is 214 g/mol. The summed E-state index contributed by atoms with van der Waals surface area (Å²) >= 11 is 5.84. The van der Waals surface area contributed by atoms with E-state index in [-0.39, 0.29) is 0 Å². The summed E-state index contributed by atoms with van der Waals surface area (Å²) in [6, 6.07) is 7.12. The van der Waals surface area contributed by atoms with E-state index in [1.807, 2.05) is 6.07 Å². The predicted octanol–water partition coefficient (Wildman–Crippen LogP) is 3.43. The third-order valence-electron chi connectivity index (χ3n) is 1.42. The van der Waals surface area contributed by atoms with E-state index in [1.165, 1.54) is 0 Å². The number of hydrogen-bond donors (Lipinski definition) is 0. The quantitative estimate of drug-likeness (QED) is 0.723. The van der Waals surface area contributed by atoms with Crippen molar-refractivity contribution < 1.29 is 4.43 Å². The summed E-state index contributed by atoms with van der Waals surface area (Å²) in [6.07, 6.45) is 0. The Balaban J connectivity index is 3.00. The van der Waals surface area contributed by atoms with Crippen LogP contribution in [-0.4, -0.2) is 8.32 Å². The van der Waals surface area contributed by atoms with Crippen molar-refractivity contribution in [3.63, 3.8) is 0 Å². The van der Waals surface area contributed by atoms with Gasteiger partial charge in [0.1, 0.15) is 5.75 Å². The Morgan fingerprint density at radius 1 is 1.29 bits per heavy atom. The zero-order chi connectivity index (χ0) is 10.8. The molecule has 0 atom stereocenters. The molecule has 1 aromatic carbocycles. The Labute approximate surface area is 90.2 Å². The third-order valence-corrected chi connectivity index (χ3v) is 2.49. The fraction of sp³-hybridized carbons (Fsp3) is 0.300. The molecule has 0 N–H and O–H groups in total. The largest absolute Gasteiger partial charge is 0.544 e. The lowest BCUT2D eigenvalue weighted by atomic mass is 10.2. The topological polar surface area (TPSA) is 33.0 Å². The molecule has 1 aromatic rings. The van der Waals surface area contributed by atoms with E-state index in [4.69, 9.17) is 21.3 Å². The van der Waals surface area contributed by atoms with Gasteiger partial charge in [0.15, 0.2) is 0 Å². The van der Waals surface area contributed by atoms with Gasteiger partial charge >= 0.3 is 0 Å². The first-order chi connectivity index (χ1) is 6.40. The van der Waals surface area contributed by atoms with Crippen molar-refractivity contribution >= 4 is 19.9 Å². The zero-order valence-corrected chi connectivity index (χ0v) is 10.2. The molecule has 0 aliphatic heterocycles. The number of rotatable bonds is 2. The molecule has 0 aromatic heterocycles. The maximum atomic E-state index is 8.73. The summed E-state index contributed by atoms with van der Waals surface area (Å²) < 4.78 is 5.73. The molecule has 1 rings (SSSR count). The second-order valence-corrected chi connectivity index (χ2v) is 8.87. The van der Waals surface area contributed by atoms with Crippen LogP contribution in [0.5, 0.6) is 5.75 Å².